The molecule has 3 nitrogen and oxygen atoms in total. The second kappa shape index (κ2) is 3.89. The molecule has 1 amide bonds. The summed E-state index contributed by atoms with van der Waals surface area (Å²) in [6, 6.07) is 1.06. The Kier molecular flexibility index (Phi) is 2.77. The van der Waals surface area contributed by atoms with Crippen LogP contribution in [0.3, 0.4) is 0 Å². The fourth-order valence-electron chi connectivity index (χ4n) is 2.69. The minimum absolute atomic E-state index is 0.148. The number of hydrogen-bond acceptors (Lipinski definition) is 2. The zero-order chi connectivity index (χ0) is 10.1. The minimum Gasteiger partial charge on any atom is -0.337 e. The lowest BCUT2D eigenvalue weighted by atomic mass is 10.0. The Balaban J connectivity index is 2.06. The van der Waals surface area contributed by atoms with Gasteiger partial charge < -0.3 is 10.2 Å². The summed E-state index contributed by atoms with van der Waals surface area (Å²) in [5, 5.41) is 3.51. The van der Waals surface area contributed by atoms with E-state index in [1.807, 2.05) is 13.8 Å². The molecular weight excluding hydrogens is 176 g/mol. The molecule has 1 saturated carbocycles. The van der Waals surface area contributed by atoms with Crippen molar-refractivity contribution in [3.63, 3.8) is 0 Å². The van der Waals surface area contributed by atoms with Gasteiger partial charge in [-0.3, -0.25) is 4.79 Å². The number of rotatable bonds is 1. The number of fused-ring (bicyclic) bond motifs is 1. The Hall–Kier alpha value is -0.570. The summed E-state index contributed by atoms with van der Waals surface area (Å²) < 4.78 is 0. The number of nitrogens with one attached hydrogen (secondary N) is 1. The van der Waals surface area contributed by atoms with Crippen LogP contribution in [0.2, 0.25) is 0 Å². The molecule has 14 heavy (non-hydrogen) atoms. The molecule has 0 aromatic rings. The van der Waals surface area contributed by atoms with Gasteiger partial charge in [0.2, 0.25) is 5.91 Å². The Morgan fingerprint density at radius 3 is 2.93 bits per heavy atom. The number of amides is 1. The van der Waals surface area contributed by atoms with Crippen molar-refractivity contribution in [1.29, 1.82) is 0 Å². The maximum atomic E-state index is 11.9. The van der Waals surface area contributed by atoms with Crippen molar-refractivity contribution in [1.82, 2.24) is 10.2 Å². The smallest absolute Gasteiger partial charge is 0.225 e. The van der Waals surface area contributed by atoms with Crippen molar-refractivity contribution in [2.45, 2.75) is 45.2 Å². The molecule has 1 saturated heterocycles. The number of nitrogens with zero attached hydrogens (tertiary/aromatic N) is 1. The molecule has 2 unspecified atom stereocenters. The first-order valence-corrected chi connectivity index (χ1v) is 5.74. The first-order chi connectivity index (χ1) is 6.70. The molecule has 0 aromatic carbocycles. The van der Waals surface area contributed by atoms with Gasteiger partial charge in [0.05, 0.1) is 0 Å². The van der Waals surface area contributed by atoms with Gasteiger partial charge in [-0.2, -0.15) is 0 Å². The van der Waals surface area contributed by atoms with E-state index in [-0.39, 0.29) is 5.92 Å². The molecule has 0 radical (unpaired) electrons. The highest BCUT2D eigenvalue weighted by molar-refractivity contribution is 5.78. The molecule has 2 atom stereocenters. The summed E-state index contributed by atoms with van der Waals surface area (Å²) in [5.74, 6) is 0.484. The van der Waals surface area contributed by atoms with Crippen molar-refractivity contribution in [3.8, 4) is 0 Å². The first kappa shape index (κ1) is 9.97. The van der Waals surface area contributed by atoms with E-state index in [0.29, 0.717) is 18.0 Å². The fourth-order valence-corrected chi connectivity index (χ4v) is 2.69. The summed E-state index contributed by atoms with van der Waals surface area (Å²) >= 11 is 0. The van der Waals surface area contributed by atoms with Crippen LogP contribution in [-0.2, 0) is 4.79 Å². The van der Waals surface area contributed by atoms with E-state index >= 15 is 0 Å². The second-order valence-electron chi connectivity index (χ2n) is 4.75. The third-order valence-electron chi connectivity index (χ3n) is 3.42. The van der Waals surface area contributed by atoms with E-state index in [1.165, 1.54) is 19.3 Å². The number of carbonyl (C=O) groups is 1. The molecule has 0 aromatic heterocycles. The van der Waals surface area contributed by atoms with E-state index in [0.717, 1.165) is 13.1 Å². The van der Waals surface area contributed by atoms with E-state index in [1.54, 1.807) is 0 Å². The third-order valence-corrected chi connectivity index (χ3v) is 3.42. The zero-order valence-electron chi connectivity index (χ0n) is 9.12. The van der Waals surface area contributed by atoms with Crippen LogP contribution in [0, 0.1) is 5.92 Å². The maximum absolute atomic E-state index is 11.9. The molecule has 0 spiro atoms. The summed E-state index contributed by atoms with van der Waals surface area (Å²) in [6.45, 7) is 5.86. The topological polar surface area (TPSA) is 32.3 Å². The average molecular weight is 196 g/mol. The quantitative estimate of drug-likeness (QED) is 0.678. The van der Waals surface area contributed by atoms with Crippen LogP contribution >= 0.6 is 0 Å². The van der Waals surface area contributed by atoms with Gasteiger partial charge in [0.25, 0.3) is 0 Å². The number of hydrogen-bond donors (Lipinski definition) is 1. The number of carbonyl (C=O) groups excluding carboxylic acids is 1. The van der Waals surface area contributed by atoms with Crippen molar-refractivity contribution in [2.75, 3.05) is 13.1 Å². The predicted octanol–water partition coefficient (Wildman–Crippen LogP) is 0.995. The van der Waals surface area contributed by atoms with Crippen LogP contribution in [0.1, 0.15) is 33.1 Å². The summed E-state index contributed by atoms with van der Waals surface area (Å²) in [6.07, 6.45) is 3.70. The lowest BCUT2D eigenvalue weighted by Crippen LogP contribution is -2.58. The van der Waals surface area contributed by atoms with Crippen LogP contribution < -0.4 is 5.32 Å². The summed E-state index contributed by atoms with van der Waals surface area (Å²) in [4.78, 5) is 14.0. The van der Waals surface area contributed by atoms with Crippen molar-refractivity contribution >= 4 is 5.91 Å². The molecule has 1 heterocycles. The highest BCUT2D eigenvalue weighted by Crippen LogP contribution is 2.27. The van der Waals surface area contributed by atoms with Crippen LogP contribution in [0.5, 0.6) is 0 Å². The predicted molar refractivity (Wildman–Crippen MR) is 56.0 cm³/mol. The molecule has 2 fully saturated rings. The largest absolute Gasteiger partial charge is 0.337 e. The molecular formula is C11H20N2O. The van der Waals surface area contributed by atoms with Gasteiger partial charge in [-0.1, -0.05) is 13.8 Å². The molecule has 1 aliphatic heterocycles. The Morgan fingerprint density at radius 1 is 1.43 bits per heavy atom. The summed E-state index contributed by atoms with van der Waals surface area (Å²) in [5.41, 5.74) is 0. The molecule has 0 bridgehead atoms. The molecule has 2 aliphatic rings. The minimum atomic E-state index is 0.148. The first-order valence-electron chi connectivity index (χ1n) is 5.74. The SMILES string of the molecule is CC(C)C(=O)N1CCNC2CCCC21. The molecule has 2 rings (SSSR count). The Morgan fingerprint density at radius 2 is 2.21 bits per heavy atom. The lowest BCUT2D eigenvalue weighted by Gasteiger charge is -2.39. The third kappa shape index (κ3) is 1.65. The fraction of sp³-hybridized carbons (Fsp3) is 0.909. The summed E-state index contributed by atoms with van der Waals surface area (Å²) in [7, 11) is 0. The van der Waals surface area contributed by atoms with Gasteiger partial charge in [0.1, 0.15) is 0 Å². The molecule has 80 valence electrons. The number of piperazine rings is 1. The van der Waals surface area contributed by atoms with Gasteiger partial charge in [-0.05, 0) is 19.3 Å². The lowest BCUT2D eigenvalue weighted by molar-refractivity contribution is -0.138. The second-order valence-corrected chi connectivity index (χ2v) is 4.75. The van der Waals surface area contributed by atoms with Crippen molar-refractivity contribution < 1.29 is 4.79 Å². The maximum Gasteiger partial charge on any atom is 0.225 e. The van der Waals surface area contributed by atoms with E-state index < -0.39 is 0 Å². The average Bonchev–Trinajstić information content (AvgIpc) is 2.63. The Labute approximate surface area is 85.8 Å². The Bertz CT molecular complexity index is 227. The highest BCUT2D eigenvalue weighted by Gasteiger charge is 2.37. The standard InChI is InChI=1S/C11H20N2O/c1-8(2)11(14)13-7-6-12-9-4-3-5-10(9)13/h8-10,12H,3-7H2,1-2H3. The van der Waals surface area contributed by atoms with Crippen LogP contribution in [-0.4, -0.2) is 36.0 Å². The van der Waals surface area contributed by atoms with E-state index in [9.17, 15) is 4.79 Å². The van der Waals surface area contributed by atoms with Gasteiger partial charge >= 0.3 is 0 Å². The zero-order valence-corrected chi connectivity index (χ0v) is 9.12. The van der Waals surface area contributed by atoms with Crippen molar-refractivity contribution in [2.24, 2.45) is 5.92 Å². The molecule has 3 heteroatoms. The molecule has 1 N–H and O–H groups in total. The normalized spacial score (nSPS) is 32.1. The van der Waals surface area contributed by atoms with E-state index in [2.05, 4.69) is 10.2 Å². The van der Waals surface area contributed by atoms with Gasteiger partial charge in [0, 0.05) is 31.1 Å². The van der Waals surface area contributed by atoms with Crippen molar-refractivity contribution in [3.05, 3.63) is 0 Å². The van der Waals surface area contributed by atoms with Gasteiger partial charge in [-0.25, -0.2) is 0 Å². The van der Waals surface area contributed by atoms with Gasteiger partial charge in [-0.15, -0.1) is 0 Å². The van der Waals surface area contributed by atoms with E-state index in [4.69, 9.17) is 0 Å². The monoisotopic (exact) mass is 196 g/mol. The van der Waals surface area contributed by atoms with Gasteiger partial charge in [0.15, 0.2) is 0 Å². The molecule has 1 aliphatic carbocycles. The van der Waals surface area contributed by atoms with Crippen LogP contribution in [0.15, 0.2) is 0 Å². The van der Waals surface area contributed by atoms with Crippen LogP contribution in [0.25, 0.3) is 0 Å². The van der Waals surface area contributed by atoms with Crippen LogP contribution in [0.4, 0.5) is 0 Å². The highest BCUT2D eigenvalue weighted by atomic mass is 16.2.